The molecule has 0 aromatic carbocycles. The normalized spacial score (nSPS) is 51.9. The number of ether oxygens (including phenoxy) is 3. The van der Waals surface area contributed by atoms with Gasteiger partial charge in [0.1, 0.15) is 42.7 Å². The number of aliphatic hydroxyl groups excluding tert-OH is 7. The van der Waals surface area contributed by atoms with E-state index in [1.165, 1.54) is 0 Å². The number of hydrogen-bond donors (Lipinski definition) is 7. The van der Waals surface area contributed by atoms with Crippen molar-refractivity contribution >= 4 is 0 Å². The number of aliphatic hydroxyl groups is 7. The van der Waals surface area contributed by atoms with Crippen LogP contribution < -0.4 is 0 Å². The van der Waals surface area contributed by atoms with E-state index in [4.69, 9.17) is 14.6 Å². The fourth-order valence-corrected chi connectivity index (χ4v) is 2.29. The van der Waals surface area contributed by atoms with E-state index in [0.29, 0.717) is 0 Å². The third-order valence-electron chi connectivity index (χ3n) is 3.59. The van der Waals surface area contributed by atoms with Gasteiger partial charge in [0.15, 0.2) is 12.6 Å². The molecule has 124 valence electrons. The summed E-state index contributed by atoms with van der Waals surface area (Å²) in [5.41, 5.74) is 0. The maximum Gasteiger partial charge on any atom is 0.187 e. The van der Waals surface area contributed by atoms with Crippen molar-refractivity contribution in [1.82, 2.24) is 0 Å². The standard InChI is InChI=1S/C11H20O10/c12-1-4-5(14)6(15)7(16)11(20-4)21-9-3(13)2-19-10(18)8(9)17/h3-18H,1-2H2/t3-,4+,5-,6-,7+,8+,9-,10-,11-/m0/s1. The Morgan fingerprint density at radius 1 is 0.905 bits per heavy atom. The summed E-state index contributed by atoms with van der Waals surface area (Å²) in [7, 11) is 0. The first-order chi connectivity index (χ1) is 9.86. The highest BCUT2D eigenvalue weighted by atomic mass is 16.7. The van der Waals surface area contributed by atoms with Crippen molar-refractivity contribution in [2.24, 2.45) is 0 Å². The van der Waals surface area contributed by atoms with Crippen LogP contribution in [0.3, 0.4) is 0 Å². The smallest absolute Gasteiger partial charge is 0.187 e. The lowest BCUT2D eigenvalue weighted by atomic mass is 9.98. The zero-order valence-corrected chi connectivity index (χ0v) is 11.0. The molecule has 2 aliphatic rings. The molecule has 0 aromatic rings. The summed E-state index contributed by atoms with van der Waals surface area (Å²) in [6.07, 6.45) is -13.3. The molecule has 0 amide bonds. The molecule has 2 heterocycles. The maximum absolute atomic E-state index is 9.79. The largest absolute Gasteiger partial charge is 0.394 e. The van der Waals surface area contributed by atoms with Crippen molar-refractivity contribution in [1.29, 1.82) is 0 Å². The highest BCUT2D eigenvalue weighted by molar-refractivity contribution is 4.91. The van der Waals surface area contributed by atoms with Crippen LogP contribution in [0.15, 0.2) is 0 Å². The third-order valence-corrected chi connectivity index (χ3v) is 3.59. The highest BCUT2D eigenvalue weighted by Crippen LogP contribution is 2.26. The first-order valence-corrected chi connectivity index (χ1v) is 6.48. The Morgan fingerprint density at radius 3 is 2.19 bits per heavy atom. The fraction of sp³-hybridized carbons (Fsp3) is 1.00. The van der Waals surface area contributed by atoms with Gasteiger partial charge in [-0.05, 0) is 0 Å². The van der Waals surface area contributed by atoms with E-state index in [1.54, 1.807) is 0 Å². The summed E-state index contributed by atoms with van der Waals surface area (Å²) >= 11 is 0. The second-order valence-electron chi connectivity index (χ2n) is 5.08. The van der Waals surface area contributed by atoms with E-state index >= 15 is 0 Å². The average molecular weight is 312 g/mol. The molecule has 0 saturated carbocycles. The molecule has 0 radical (unpaired) electrons. The molecule has 0 aliphatic carbocycles. The second kappa shape index (κ2) is 6.79. The minimum atomic E-state index is -1.66. The van der Waals surface area contributed by atoms with Crippen LogP contribution in [0.4, 0.5) is 0 Å². The quantitative estimate of drug-likeness (QED) is 0.268. The lowest BCUT2D eigenvalue weighted by Crippen LogP contribution is -2.62. The molecule has 21 heavy (non-hydrogen) atoms. The Bertz CT molecular complexity index is 339. The molecule has 9 atom stereocenters. The Morgan fingerprint density at radius 2 is 1.57 bits per heavy atom. The van der Waals surface area contributed by atoms with Gasteiger partial charge >= 0.3 is 0 Å². The first-order valence-electron chi connectivity index (χ1n) is 6.48. The molecule has 2 aliphatic heterocycles. The van der Waals surface area contributed by atoms with Gasteiger partial charge in [0, 0.05) is 0 Å². The van der Waals surface area contributed by atoms with Gasteiger partial charge < -0.3 is 50.0 Å². The van der Waals surface area contributed by atoms with Crippen molar-refractivity contribution in [2.75, 3.05) is 13.2 Å². The average Bonchev–Trinajstić information content (AvgIpc) is 2.47. The summed E-state index contributed by atoms with van der Waals surface area (Å²) in [5.74, 6) is 0. The molecule has 2 rings (SSSR count). The number of rotatable bonds is 3. The van der Waals surface area contributed by atoms with Crippen molar-refractivity contribution in [3.8, 4) is 0 Å². The van der Waals surface area contributed by atoms with Crippen molar-refractivity contribution in [3.63, 3.8) is 0 Å². The third kappa shape index (κ3) is 3.35. The van der Waals surface area contributed by atoms with Crippen molar-refractivity contribution in [2.45, 2.75) is 55.3 Å². The topological polar surface area (TPSA) is 169 Å². The lowest BCUT2D eigenvalue weighted by Gasteiger charge is -2.43. The van der Waals surface area contributed by atoms with Gasteiger partial charge in [-0.1, -0.05) is 0 Å². The van der Waals surface area contributed by atoms with E-state index in [0.717, 1.165) is 0 Å². The second-order valence-corrected chi connectivity index (χ2v) is 5.08. The predicted molar refractivity (Wildman–Crippen MR) is 62.6 cm³/mol. The summed E-state index contributed by atoms with van der Waals surface area (Å²) in [6, 6.07) is 0. The first kappa shape index (κ1) is 17.0. The summed E-state index contributed by atoms with van der Waals surface area (Å²) in [4.78, 5) is 0. The molecule has 10 nitrogen and oxygen atoms in total. The maximum atomic E-state index is 9.79. The summed E-state index contributed by atoms with van der Waals surface area (Å²) in [6.45, 7) is -0.938. The van der Waals surface area contributed by atoms with Gasteiger partial charge in [-0.2, -0.15) is 0 Å². The molecular formula is C11H20O10. The number of hydrogen-bond acceptors (Lipinski definition) is 10. The molecule has 10 heteroatoms. The summed E-state index contributed by atoms with van der Waals surface area (Å²) in [5, 5.41) is 66.8. The van der Waals surface area contributed by atoms with E-state index in [1.807, 2.05) is 0 Å². The molecular weight excluding hydrogens is 292 g/mol. The Kier molecular flexibility index (Phi) is 5.48. The fourth-order valence-electron chi connectivity index (χ4n) is 2.29. The van der Waals surface area contributed by atoms with Gasteiger partial charge in [-0.15, -0.1) is 0 Å². The molecule has 2 fully saturated rings. The van der Waals surface area contributed by atoms with Gasteiger partial charge in [0.25, 0.3) is 0 Å². The lowest BCUT2D eigenvalue weighted by molar-refractivity contribution is -0.345. The molecule has 7 N–H and O–H groups in total. The van der Waals surface area contributed by atoms with Crippen molar-refractivity contribution < 1.29 is 50.0 Å². The Balaban J connectivity index is 2.06. The van der Waals surface area contributed by atoms with Gasteiger partial charge in [0.05, 0.1) is 13.2 Å². The molecule has 0 unspecified atom stereocenters. The van der Waals surface area contributed by atoms with Crippen LogP contribution in [-0.4, -0.2) is 104 Å². The zero-order valence-electron chi connectivity index (χ0n) is 11.0. The minimum Gasteiger partial charge on any atom is -0.394 e. The van der Waals surface area contributed by atoms with Crippen LogP contribution >= 0.6 is 0 Å². The van der Waals surface area contributed by atoms with E-state index < -0.39 is 61.9 Å². The predicted octanol–water partition coefficient (Wildman–Crippen LogP) is -4.76. The van der Waals surface area contributed by atoms with Crippen LogP contribution in [0.25, 0.3) is 0 Å². The Labute approximate surface area is 119 Å². The molecule has 0 spiro atoms. The Hall–Kier alpha value is -0.400. The molecule has 0 aromatic heterocycles. The van der Waals surface area contributed by atoms with Crippen LogP contribution in [0, 0.1) is 0 Å². The molecule has 0 bridgehead atoms. The van der Waals surface area contributed by atoms with Crippen LogP contribution in [0.2, 0.25) is 0 Å². The van der Waals surface area contributed by atoms with Gasteiger partial charge in [0.2, 0.25) is 0 Å². The monoisotopic (exact) mass is 312 g/mol. The highest BCUT2D eigenvalue weighted by Gasteiger charge is 2.48. The molecule has 2 saturated heterocycles. The summed E-state index contributed by atoms with van der Waals surface area (Å²) < 4.78 is 15.0. The SMILES string of the molecule is OC[C@H]1O[C@@H](O[C@@H]2[C@@H](O)[C@@H](O)OC[C@@H]2O)[C@H](O)[C@@H](O)[C@H]1O. The van der Waals surface area contributed by atoms with Crippen molar-refractivity contribution in [3.05, 3.63) is 0 Å². The van der Waals surface area contributed by atoms with Crippen LogP contribution in [0.5, 0.6) is 0 Å². The van der Waals surface area contributed by atoms with Crippen LogP contribution in [-0.2, 0) is 14.2 Å². The van der Waals surface area contributed by atoms with E-state index in [-0.39, 0.29) is 6.61 Å². The van der Waals surface area contributed by atoms with E-state index in [2.05, 4.69) is 4.74 Å². The van der Waals surface area contributed by atoms with Crippen LogP contribution in [0.1, 0.15) is 0 Å². The van der Waals surface area contributed by atoms with Gasteiger partial charge in [-0.3, -0.25) is 0 Å². The van der Waals surface area contributed by atoms with Gasteiger partial charge in [-0.25, -0.2) is 0 Å². The minimum absolute atomic E-state index is 0.305. The zero-order chi connectivity index (χ0) is 15.7. The van der Waals surface area contributed by atoms with E-state index in [9.17, 15) is 30.6 Å².